The third-order valence-electron chi connectivity index (χ3n) is 3.11. The summed E-state index contributed by atoms with van der Waals surface area (Å²) in [5, 5.41) is 21.6. The summed E-state index contributed by atoms with van der Waals surface area (Å²) in [7, 11) is 0. The second kappa shape index (κ2) is 6.70. The Morgan fingerprint density at radius 2 is 2.23 bits per heavy atom. The Kier molecular flexibility index (Phi) is 4.28. The van der Waals surface area contributed by atoms with Crippen LogP contribution in [0.5, 0.6) is 0 Å². The molecule has 0 atom stereocenters. The van der Waals surface area contributed by atoms with Crippen LogP contribution in [0.3, 0.4) is 0 Å². The topological polar surface area (TPSA) is 95.3 Å². The normalized spacial score (nSPS) is 11.8. The highest BCUT2D eigenvalue weighted by Gasteiger charge is 2.05. The van der Waals surface area contributed by atoms with E-state index < -0.39 is 0 Å². The second-order valence-corrected chi connectivity index (χ2v) is 4.68. The zero-order valence-electron chi connectivity index (χ0n) is 12.3. The Morgan fingerprint density at radius 3 is 3.05 bits per heavy atom. The third-order valence-corrected chi connectivity index (χ3v) is 3.11. The Hall–Kier alpha value is -2.90. The molecular weight excluding hydrogens is 280 g/mol. The van der Waals surface area contributed by atoms with E-state index in [2.05, 4.69) is 36.0 Å². The average Bonchev–Trinajstić information content (AvgIpc) is 3.20. The molecule has 8 heteroatoms. The van der Waals surface area contributed by atoms with Crippen LogP contribution < -0.4 is 10.6 Å². The van der Waals surface area contributed by atoms with Gasteiger partial charge >= 0.3 is 0 Å². The van der Waals surface area contributed by atoms with Crippen LogP contribution in [0, 0.1) is 0 Å². The molecule has 0 fully saturated rings. The number of aromatic nitrogens is 5. The van der Waals surface area contributed by atoms with Crippen LogP contribution in [0.2, 0.25) is 0 Å². The maximum Gasteiger partial charge on any atom is 0.192 e. The minimum atomic E-state index is 0.538. The van der Waals surface area contributed by atoms with Gasteiger partial charge < -0.3 is 10.6 Å². The van der Waals surface area contributed by atoms with Gasteiger partial charge in [0.25, 0.3) is 0 Å². The van der Waals surface area contributed by atoms with Gasteiger partial charge in [-0.15, -0.1) is 10.2 Å². The van der Waals surface area contributed by atoms with E-state index in [-0.39, 0.29) is 0 Å². The molecule has 0 bridgehead atoms. The van der Waals surface area contributed by atoms with Crippen LogP contribution >= 0.6 is 0 Å². The van der Waals surface area contributed by atoms with Gasteiger partial charge in [0.15, 0.2) is 17.4 Å². The SMILES string of the molecule is CCNC(=NCc1ccn[nH]1)NCc1nnc2ccccn12. The zero-order chi connectivity index (χ0) is 15.2. The number of rotatable bonds is 5. The van der Waals surface area contributed by atoms with Gasteiger partial charge in [0.05, 0.1) is 18.8 Å². The van der Waals surface area contributed by atoms with Crippen molar-refractivity contribution in [3.8, 4) is 0 Å². The van der Waals surface area contributed by atoms with E-state index in [1.165, 1.54) is 0 Å². The first-order valence-corrected chi connectivity index (χ1v) is 7.16. The highest BCUT2D eigenvalue weighted by molar-refractivity contribution is 5.79. The van der Waals surface area contributed by atoms with Crippen molar-refractivity contribution in [1.82, 2.24) is 35.4 Å². The predicted molar refractivity (Wildman–Crippen MR) is 83.2 cm³/mol. The molecule has 0 spiro atoms. The third kappa shape index (κ3) is 3.22. The minimum Gasteiger partial charge on any atom is -0.357 e. The van der Waals surface area contributed by atoms with E-state index in [0.29, 0.717) is 13.1 Å². The lowest BCUT2D eigenvalue weighted by Crippen LogP contribution is -2.37. The number of H-pyrrole nitrogens is 1. The lowest BCUT2D eigenvalue weighted by atomic mass is 10.4. The van der Waals surface area contributed by atoms with Gasteiger partial charge in [-0.25, -0.2) is 4.99 Å². The Balaban J connectivity index is 1.67. The number of aliphatic imine (C=N–C) groups is 1. The van der Waals surface area contributed by atoms with Gasteiger partial charge in [-0.2, -0.15) is 5.10 Å². The highest BCUT2D eigenvalue weighted by Crippen LogP contribution is 2.02. The maximum absolute atomic E-state index is 4.50. The van der Waals surface area contributed by atoms with Crippen molar-refractivity contribution in [2.75, 3.05) is 6.54 Å². The van der Waals surface area contributed by atoms with Gasteiger partial charge in [-0.3, -0.25) is 9.50 Å². The van der Waals surface area contributed by atoms with Crippen molar-refractivity contribution >= 4 is 11.6 Å². The predicted octanol–water partition coefficient (Wildman–Crippen LogP) is 0.708. The van der Waals surface area contributed by atoms with E-state index in [1.807, 2.05) is 41.8 Å². The highest BCUT2D eigenvalue weighted by atomic mass is 15.3. The van der Waals surface area contributed by atoms with E-state index in [9.17, 15) is 0 Å². The van der Waals surface area contributed by atoms with Crippen molar-refractivity contribution < 1.29 is 0 Å². The summed E-state index contributed by atoms with van der Waals surface area (Å²) in [5.74, 6) is 1.56. The Morgan fingerprint density at radius 1 is 1.27 bits per heavy atom. The molecule has 3 N–H and O–H groups in total. The first-order valence-electron chi connectivity index (χ1n) is 7.16. The number of pyridine rings is 1. The molecule has 0 amide bonds. The monoisotopic (exact) mass is 298 g/mol. The molecule has 3 aromatic heterocycles. The zero-order valence-corrected chi connectivity index (χ0v) is 12.3. The van der Waals surface area contributed by atoms with Crippen LogP contribution in [0.15, 0.2) is 41.7 Å². The van der Waals surface area contributed by atoms with E-state index in [4.69, 9.17) is 0 Å². The fourth-order valence-electron chi connectivity index (χ4n) is 2.05. The second-order valence-electron chi connectivity index (χ2n) is 4.68. The summed E-state index contributed by atoms with van der Waals surface area (Å²) in [6.45, 7) is 3.89. The number of aromatic amines is 1. The lowest BCUT2D eigenvalue weighted by molar-refractivity contribution is 0.763. The number of fused-ring (bicyclic) bond motifs is 1. The first kappa shape index (κ1) is 14.1. The summed E-state index contributed by atoms with van der Waals surface area (Å²) >= 11 is 0. The Labute approximate surface area is 127 Å². The molecule has 3 rings (SSSR count). The number of nitrogens with zero attached hydrogens (tertiary/aromatic N) is 5. The van der Waals surface area contributed by atoms with E-state index in [0.717, 1.165) is 29.7 Å². The standard InChI is InChI=1S/C14H18N8/c1-2-15-14(16-9-11-6-7-18-19-11)17-10-13-21-20-12-5-3-4-8-22(12)13/h3-8H,2,9-10H2,1H3,(H,18,19)(H2,15,16,17). The molecule has 0 aliphatic rings. The summed E-state index contributed by atoms with van der Waals surface area (Å²) in [4.78, 5) is 4.50. The number of hydrogen-bond acceptors (Lipinski definition) is 4. The molecule has 0 unspecified atom stereocenters. The molecule has 0 saturated carbocycles. The molecule has 0 saturated heterocycles. The minimum absolute atomic E-state index is 0.538. The number of nitrogens with one attached hydrogen (secondary N) is 3. The Bertz CT molecular complexity index is 743. The molecule has 3 heterocycles. The maximum atomic E-state index is 4.50. The van der Waals surface area contributed by atoms with Crippen LogP contribution in [-0.4, -0.2) is 37.3 Å². The van der Waals surface area contributed by atoms with Crippen LogP contribution in [0.4, 0.5) is 0 Å². The largest absolute Gasteiger partial charge is 0.357 e. The molecule has 0 aliphatic heterocycles. The van der Waals surface area contributed by atoms with Crippen molar-refractivity contribution in [2.45, 2.75) is 20.0 Å². The van der Waals surface area contributed by atoms with Crippen molar-refractivity contribution in [1.29, 1.82) is 0 Å². The van der Waals surface area contributed by atoms with Crippen LogP contribution in [0.25, 0.3) is 5.65 Å². The van der Waals surface area contributed by atoms with Crippen LogP contribution in [0.1, 0.15) is 18.4 Å². The molecule has 0 aromatic carbocycles. The van der Waals surface area contributed by atoms with Crippen molar-refractivity contribution in [2.24, 2.45) is 4.99 Å². The summed E-state index contributed by atoms with van der Waals surface area (Å²) in [6.07, 6.45) is 3.66. The molecule has 8 nitrogen and oxygen atoms in total. The van der Waals surface area contributed by atoms with Crippen molar-refractivity contribution in [3.05, 3.63) is 48.2 Å². The van der Waals surface area contributed by atoms with Crippen molar-refractivity contribution in [3.63, 3.8) is 0 Å². The van der Waals surface area contributed by atoms with E-state index >= 15 is 0 Å². The summed E-state index contributed by atoms with van der Waals surface area (Å²) in [5.41, 5.74) is 1.80. The average molecular weight is 298 g/mol. The van der Waals surface area contributed by atoms with Gasteiger partial charge in [0.2, 0.25) is 0 Å². The molecule has 114 valence electrons. The van der Waals surface area contributed by atoms with Gasteiger partial charge in [0, 0.05) is 18.9 Å². The quantitative estimate of drug-likeness (QED) is 0.476. The van der Waals surface area contributed by atoms with Crippen LogP contribution in [-0.2, 0) is 13.1 Å². The fraction of sp³-hybridized carbons (Fsp3) is 0.286. The molecule has 3 aromatic rings. The van der Waals surface area contributed by atoms with Gasteiger partial charge in [-0.05, 0) is 25.1 Å². The molecule has 0 aliphatic carbocycles. The number of guanidine groups is 1. The first-order chi connectivity index (χ1) is 10.9. The fourth-order valence-corrected chi connectivity index (χ4v) is 2.05. The van der Waals surface area contributed by atoms with Gasteiger partial charge in [0.1, 0.15) is 0 Å². The lowest BCUT2D eigenvalue weighted by Gasteiger charge is -2.10. The summed E-state index contributed by atoms with van der Waals surface area (Å²) < 4.78 is 1.95. The number of hydrogen-bond donors (Lipinski definition) is 3. The van der Waals surface area contributed by atoms with E-state index in [1.54, 1.807) is 6.20 Å². The summed E-state index contributed by atoms with van der Waals surface area (Å²) in [6, 6.07) is 7.72. The molecule has 22 heavy (non-hydrogen) atoms. The molecular formula is C14H18N8. The molecule has 0 radical (unpaired) electrons. The van der Waals surface area contributed by atoms with Gasteiger partial charge in [-0.1, -0.05) is 6.07 Å². The smallest absolute Gasteiger partial charge is 0.192 e.